The molecule has 1 aliphatic carbocycles. The molecule has 3 nitrogen and oxygen atoms in total. The number of carbonyl (C=O) groups is 1. The van der Waals surface area contributed by atoms with Crippen LogP contribution in [-0.2, 0) is 11.2 Å². The number of aryl methyl sites for hydroxylation is 1. The van der Waals surface area contributed by atoms with Crippen LogP contribution in [0, 0.1) is 11.8 Å². The first-order valence-corrected chi connectivity index (χ1v) is 10.3. The van der Waals surface area contributed by atoms with Crippen LogP contribution in [0.25, 0.3) is 10.2 Å². The van der Waals surface area contributed by atoms with E-state index >= 15 is 0 Å². The van der Waals surface area contributed by atoms with E-state index in [-0.39, 0.29) is 5.91 Å². The largest absolute Gasteiger partial charge is 0.352 e. The van der Waals surface area contributed by atoms with E-state index in [4.69, 9.17) is 16.6 Å². The molecular weight excluding hydrogens is 352 g/mol. The van der Waals surface area contributed by atoms with Gasteiger partial charge in [0.15, 0.2) is 0 Å². The smallest absolute Gasteiger partial charge is 0.243 e. The van der Waals surface area contributed by atoms with E-state index < -0.39 is 0 Å². The van der Waals surface area contributed by atoms with Crippen LogP contribution >= 0.6 is 22.9 Å². The molecule has 3 rings (SSSR count). The van der Waals surface area contributed by atoms with E-state index in [1.54, 1.807) is 11.3 Å². The van der Waals surface area contributed by atoms with Crippen LogP contribution in [0.5, 0.6) is 0 Å². The molecule has 0 bridgehead atoms. The third kappa shape index (κ3) is 5.05. The number of fused-ring (bicyclic) bond motifs is 1. The topological polar surface area (TPSA) is 42.0 Å². The Bertz CT molecular complexity index is 736. The van der Waals surface area contributed by atoms with Crippen LogP contribution < -0.4 is 5.32 Å². The van der Waals surface area contributed by atoms with Crippen molar-refractivity contribution in [2.45, 2.75) is 44.9 Å². The molecule has 1 fully saturated rings. The van der Waals surface area contributed by atoms with Crippen molar-refractivity contribution in [1.29, 1.82) is 0 Å². The zero-order valence-corrected chi connectivity index (χ0v) is 16.0. The first-order chi connectivity index (χ1) is 12.2. The molecule has 2 aromatic rings. The summed E-state index contributed by atoms with van der Waals surface area (Å²) in [6.07, 6.45) is 9.92. The van der Waals surface area contributed by atoms with Gasteiger partial charge in [-0.15, -0.1) is 11.3 Å². The van der Waals surface area contributed by atoms with Gasteiger partial charge in [0.05, 0.1) is 15.2 Å². The van der Waals surface area contributed by atoms with Gasteiger partial charge in [0.2, 0.25) is 5.91 Å². The van der Waals surface area contributed by atoms with Gasteiger partial charge >= 0.3 is 0 Å². The van der Waals surface area contributed by atoms with Crippen LogP contribution in [0.1, 0.15) is 43.5 Å². The fraction of sp³-hybridized carbons (Fsp3) is 0.500. The van der Waals surface area contributed by atoms with Gasteiger partial charge in [0.1, 0.15) is 0 Å². The Kier molecular flexibility index (Phi) is 6.49. The molecule has 134 valence electrons. The molecule has 1 atom stereocenters. The maximum atomic E-state index is 11.6. The first kappa shape index (κ1) is 18.4. The van der Waals surface area contributed by atoms with Crippen molar-refractivity contribution in [3.63, 3.8) is 0 Å². The van der Waals surface area contributed by atoms with Gasteiger partial charge in [0, 0.05) is 11.6 Å². The molecule has 1 N–H and O–H groups in total. The Morgan fingerprint density at radius 1 is 1.40 bits per heavy atom. The lowest BCUT2D eigenvalue weighted by molar-refractivity contribution is -0.116. The summed E-state index contributed by atoms with van der Waals surface area (Å²) < 4.78 is 1.15. The highest BCUT2D eigenvalue weighted by Gasteiger charge is 2.24. The molecule has 0 aliphatic heterocycles. The van der Waals surface area contributed by atoms with Crippen molar-refractivity contribution >= 4 is 39.1 Å². The second-order valence-electron chi connectivity index (χ2n) is 6.87. The summed E-state index contributed by atoms with van der Waals surface area (Å²) in [5.41, 5.74) is 1.03. The van der Waals surface area contributed by atoms with Gasteiger partial charge < -0.3 is 5.32 Å². The molecule has 0 radical (unpaired) electrons. The van der Waals surface area contributed by atoms with Crippen LogP contribution in [0.3, 0.4) is 0 Å². The molecule has 1 heterocycles. The zero-order chi connectivity index (χ0) is 17.6. The summed E-state index contributed by atoms with van der Waals surface area (Å²) in [7, 11) is 0. The van der Waals surface area contributed by atoms with Gasteiger partial charge in [0.25, 0.3) is 0 Å². The van der Waals surface area contributed by atoms with E-state index in [0.717, 1.165) is 39.6 Å². The fourth-order valence-corrected chi connectivity index (χ4v) is 5.03. The van der Waals surface area contributed by atoms with Gasteiger partial charge in [-0.1, -0.05) is 50.3 Å². The average Bonchev–Trinajstić information content (AvgIpc) is 3.04. The summed E-state index contributed by atoms with van der Waals surface area (Å²) in [6.45, 7) is 4.29. The van der Waals surface area contributed by atoms with Crippen LogP contribution in [0.15, 0.2) is 30.9 Å². The maximum Gasteiger partial charge on any atom is 0.243 e. The number of nitrogens with zero attached hydrogens (tertiary/aromatic N) is 1. The van der Waals surface area contributed by atoms with Crippen LogP contribution in [0.4, 0.5) is 0 Å². The molecule has 1 unspecified atom stereocenters. The number of thiazole rings is 1. The van der Waals surface area contributed by atoms with Crippen molar-refractivity contribution in [1.82, 2.24) is 10.3 Å². The predicted octanol–water partition coefficient (Wildman–Crippen LogP) is 5.38. The molecule has 1 amide bonds. The third-order valence-corrected chi connectivity index (χ3v) is 6.48. The number of halogens is 1. The average molecular weight is 377 g/mol. The van der Waals surface area contributed by atoms with Gasteiger partial charge in [-0.2, -0.15) is 0 Å². The lowest BCUT2D eigenvalue weighted by Gasteiger charge is -2.30. The number of hydrogen-bond donors (Lipinski definition) is 1. The number of rotatable bonds is 7. The molecule has 1 aromatic carbocycles. The van der Waals surface area contributed by atoms with Crippen molar-refractivity contribution in [3.8, 4) is 0 Å². The lowest BCUT2D eigenvalue weighted by Crippen LogP contribution is -2.32. The maximum absolute atomic E-state index is 11.6. The summed E-state index contributed by atoms with van der Waals surface area (Å²) in [5, 5.41) is 4.93. The first-order valence-electron chi connectivity index (χ1n) is 9.11. The fourth-order valence-electron chi connectivity index (χ4n) is 3.78. The van der Waals surface area contributed by atoms with E-state index in [1.807, 2.05) is 18.2 Å². The summed E-state index contributed by atoms with van der Waals surface area (Å²) in [4.78, 5) is 16.3. The second-order valence-corrected chi connectivity index (χ2v) is 8.42. The summed E-state index contributed by atoms with van der Waals surface area (Å²) >= 11 is 7.80. The molecule has 1 saturated carbocycles. The van der Waals surface area contributed by atoms with Crippen LogP contribution in [0.2, 0.25) is 5.02 Å². The minimum absolute atomic E-state index is 0.0737. The number of nitrogens with one attached hydrogen (secondary N) is 1. The Labute approximate surface area is 158 Å². The standard InChI is InChI=1S/C20H25ClN2OS/c1-2-19(24)22-13-15(14-6-4-3-5-7-14)8-11-20-23-17-10-9-16(21)12-18(17)25-20/h2,9-10,12,14-15H,1,3-8,11,13H2,(H,22,24). The van der Waals surface area contributed by atoms with E-state index in [0.29, 0.717) is 11.8 Å². The van der Waals surface area contributed by atoms with Gasteiger partial charge in [-0.05, 0) is 49.0 Å². The van der Waals surface area contributed by atoms with Crippen molar-refractivity contribution in [2.75, 3.05) is 6.54 Å². The van der Waals surface area contributed by atoms with E-state index in [1.165, 1.54) is 38.2 Å². The Morgan fingerprint density at radius 3 is 2.96 bits per heavy atom. The lowest BCUT2D eigenvalue weighted by atomic mass is 9.78. The van der Waals surface area contributed by atoms with Crippen LogP contribution in [-0.4, -0.2) is 17.4 Å². The summed E-state index contributed by atoms with van der Waals surface area (Å²) in [5.74, 6) is 1.15. The number of benzene rings is 1. The van der Waals surface area contributed by atoms with Gasteiger partial charge in [-0.25, -0.2) is 4.98 Å². The highest BCUT2D eigenvalue weighted by atomic mass is 35.5. The Hall–Kier alpha value is -1.39. The van der Waals surface area contributed by atoms with Gasteiger partial charge in [-0.3, -0.25) is 4.79 Å². The van der Waals surface area contributed by atoms with Crippen molar-refractivity contribution in [2.24, 2.45) is 11.8 Å². The molecule has 5 heteroatoms. The van der Waals surface area contributed by atoms with Crippen molar-refractivity contribution in [3.05, 3.63) is 40.9 Å². The Morgan fingerprint density at radius 2 is 2.20 bits per heavy atom. The monoisotopic (exact) mass is 376 g/mol. The minimum Gasteiger partial charge on any atom is -0.352 e. The molecule has 1 aliphatic rings. The summed E-state index contributed by atoms with van der Waals surface area (Å²) in [6, 6.07) is 5.87. The van der Waals surface area contributed by atoms with E-state index in [9.17, 15) is 4.79 Å². The SMILES string of the molecule is C=CC(=O)NCC(CCc1nc2ccc(Cl)cc2s1)C1CCCCC1. The highest BCUT2D eigenvalue weighted by Crippen LogP contribution is 2.33. The Balaban J connectivity index is 1.65. The number of amides is 1. The zero-order valence-electron chi connectivity index (χ0n) is 14.5. The minimum atomic E-state index is -0.0737. The quantitative estimate of drug-likeness (QED) is 0.659. The highest BCUT2D eigenvalue weighted by molar-refractivity contribution is 7.18. The molecule has 0 saturated heterocycles. The molecular formula is C20H25ClN2OS. The number of carbonyl (C=O) groups excluding carboxylic acids is 1. The van der Waals surface area contributed by atoms with Crippen molar-refractivity contribution < 1.29 is 4.79 Å². The normalized spacial score (nSPS) is 16.7. The predicted molar refractivity (Wildman–Crippen MR) is 106 cm³/mol. The molecule has 1 aromatic heterocycles. The number of aromatic nitrogens is 1. The van der Waals surface area contributed by atoms with E-state index in [2.05, 4.69) is 11.9 Å². The third-order valence-electron chi connectivity index (χ3n) is 5.16. The molecule has 0 spiro atoms. The second kappa shape index (κ2) is 8.81. The number of hydrogen-bond acceptors (Lipinski definition) is 3. The molecule has 25 heavy (non-hydrogen) atoms.